The van der Waals surface area contributed by atoms with Gasteiger partial charge in [0.05, 0.1) is 10.6 Å². The molecule has 0 saturated carbocycles. The highest BCUT2D eigenvalue weighted by Crippen LogP contribution is 2.35. The maximum absolute atomic E-state index is 11.9. The molecule has 0 bridgehead atoms. The van der Waals surface area contributed by atoms with Crippen LogP contribution in [0.3, 0.4) is 0 Å². The minimum atomic E-state index is 0.270. The number of rotatable bonds is 1. The summed E-state index contributed by atoms with van der Waals surface area (Å²) in [4.78, 5) is 17.5. The van der Waals surface area contributed by atoms with Gasteiger partial charge >= 0.3 is 0 Å². The minimum absolute atomic E-state index is 0.270. The van der Waals surface area contributed by atoms with Crippen LogP contribution >= 0.6 is 11.3 Å². The number of aromatic nitrogens is 1. The van der Waals surface area contributed by atoms with Crippen LogP contribution in [0.2, 0.25) is 0 Å². The molecule has 0 fully saturated rings. The smallest absolute Gasteiger partial charge is 0.174 e. The predicted molar refractivity (Wildman–Crippen MR) is 79.0 cm³/mol. The van der Waals surface area contributed by atoms with E-state index in [2.05, 4.69) is 32.9 Å². The van der Waals surface area contributed by atoms with Gasteiger partial charge in [-0.1, -0.05) is 6.07 Å². The van der Waals surface area contributed by atoms with Crippen LogP contribution in [-0.4, -0.2) is 10.8 Å². The lowest BCUT2D eigenvalue weighted by Gasteiger charge is -2.07. The monoisotopic (exact) mass is 271 g/mol. The molecule has 0 N–H and O–H groups in total. The maximum atomic E-state index is 11.9. The third kappa shape index (κ3) is 2.12. The van der Waals surface area contributed by atoms with Crippen molar-refractivity contribution in [3.05, 3.63) is 39.4 Å². The first-order chi connectivity index (χ1) is 9.06. The molecule has 0 amide bonds. The number of fused-ring (bicyclic) bond motifs is 1. The number of Topliss-reactive ketones (excluding diaryl/α,β-unsaturated/α-hetero) is 1. The number of aryl methyl sites for hydroxylation is 4. The first-order valence-electron chi connectivity index (χ1n) is 6.67. The average molecular weight is 271 g/mol. The van der Waals surface area contributed by atoms with Crippen molar-refractivity contribution >= 4 is 17.1 Å². The Balaban J connectivity index is 2.13. The highest BCUT2D eigenvalue weighted by molar-refractivity contribution is 7.17. The number of thiazole rings is 1. The van der Waals surface area contributed by atoms with Crippen LogP contribution in [-0.2, 0) is 6.42 Å². The fraction of sp³-hybridized carbons (Fsp3) is 0.375. The zero-order valence-electron chi connectivity index (χ0n) is 11.5. The van der Waals surface area contributed by atoms with E-state index >= 15 is 0 Å². The zero-order valence-corrected chi connectivity index (χ0v) is 12.4. The van der Waals surface area contributed by atoms with E-state index in [9.17, 15) is 4.79 Å². The molecule has 0 spiro atoms. The number of hydrogen-bond donors (Lipinski definition) is 0. The lowest BCUT2D eigenvalue weighted by molar-refractivity contribution is 0.0976. The van der Waals surface area contributed by atoms with E-state index in [1.807, 2.05) is 0 Å². The molecule has 1 aromatic heterocycles. The van der Waals surface area contributed by atoms with Crippen molar-refractivity contribution in [3.63, 3.8) is 0 Å². The van der Waals surface area contributed by atoms with Gasteiger partial charge in [-0.3, -0.25) is 4.79 Å². The highest BCUT2D eigenvalue weighted by Gasteiger charge is 2.23. The Kier molecular flexibility index (Phi) is 3.02. The van der Waals surface area contributed by atoms with Crippen LogP contribution in [0.25, 0.3) is 10.6 Å². The summed E-state index contributed by atoms with van der Waals surface area (Å²) >= 11 is 1.56. The summed E-state index contributed by atoms with van der Waals surface area (Å²) in [5.74, 6) is 0.270. The first kappa shape index (κ1) is 12.5. The fourth-order valence-electron chi connectivity index (χ4n) is 2.58. The second kappa shape index (κ2) is 4.57. The van der Waals surface area contributed by atoms with Gasteiger partial charge in [0.15, 0.2) is 5.78 Å². The van der Waals surface area contributed by atoms with E-state index in [4.69, 9.17) is 4.98 Å². The number of carbonyl (C=O) groups is 1. The molecule has 0 unspecified atom stereocenters. The van der Waals surface area contributed by atoms with E-state index in [1.54, 1.807) is 11.3 Å². The topological polar surface area (TPSA) is 30.0 Å². The number of ketones is 1. The summed E-state index contributed by atoms with van der Waals surface area (Å²) in [5, 5.41) is 1.00. The van der Waals surface area contributed by atoms with Gasteiger partial charge in [-0.25, -0.2) is 4.98 Å². The Morgan fingerprint density at radius 3 is 2.53 bits per heavy atom. The Bertz CT molecular complexity index is 670. The summed E-state index contributed by atoms with van der Waals surface area (Å²) < 4.78 is 0. The molecular weight excluding hydrogens is 254 g/mol. The third-order valence-corrected chi connectivity index (χ3v) is 5.01. The summed E-state index contributed by atoms with van der Waals surface area (Å²) in [7, 11) is 0. The lowest BCUT2D eigenvalue weighted by Crippen LogP contribution is -2.07. The Morgan fingerprint density at radius 2 is 1.79 bits per heavy atom. The molecule has 1 aromatic carbocycles. The summed E-state index contributed by atoms with van der Waals surface area (Å²) in [6, 6.07) is 4.40. The van der Waals surface area contributed by atoms with Gasteiger partial charge in [-0.15, -0.1) is 11.3 Å². The van der Waals surface area contributed by atoms with Gasteiger partial charge in [-0.2, -0.15) is 0 Å². The molecular formula is C16H17NOS. The van der Waals surface area contributed by atoms with Crippen molar-refractivity contribution in [3.8, 4) is 10.6 Å². The van der Waals surface area contributed by atoms with Crippen molar-refractivity contribution in [2.45, 2.75) is 40.0 Å². The molecule has 0 atom stereocenters. The average Bonchev–Trinajstić information content (AvgIpc) is 2.79. The van der Waals surface area contributed by atoms with Crippen LogP contribution in [0.5, 0.6) is 0 Å². The maximum Gasteiger partial charge on any atom is 0.174 e. The molecule has 0 radical (unpaired) electrons. The quantitative estimate of drug-likeness (QED) is 0.776. The van der Waals surface area contributed by atoms with Gasteiger partial charge in [0.25, 0.3) is 0 Å². The molecule has 1 aliphatic carbocycles. The van der Waals surface area contributed by atoms with Crippen LogP contribution in [0.15, 0.2) is 12.1 Å². The summed E-state index contributed by atoms with van der Waals surface area (Å²) in [5.41, 5.74) is 6.00. The van der Waals surface area contributed by atoms with E-state index in [-0.39, 0.29) is 5.78 Å². The molecule has 0 saturated heterocycles. The molecule has 1 heterocycles. The molecule has 19 heavy (non-hydrogen) atoms. The van der Waals surface area contributed by atoms with Crippen molar-refractivity contribution in [2.24, 2.45) is 0 Å². The second-order valence-corrected chi connectivity index (χ2v) is 6.32. The largest absolute Gasteiger partial charge is 0.293 e. The van der Waals surface area contributed by atoms with Crippen molar-refractivity contribution in [2.75, 3.05) is 0 Å². The minimum Gasteiger partial charge on any atom is -0.293 e. The molecule has 3 heteroatoms. The number of benzene rings is 1. The van der Waals surface area contributed by atoms with Gasteiger partial charge in [0.2, 0.25) is 0 Å². The zero-order chi connectivity index (χ0) is 13.6. The fourth-order valence-corrected chi connectivity index (χ4v) is 3.74. The molecule has 0 aliphatic heterocycles. The third-order valence-electron chi connectivity index (χ3n) is 3.84. The molecule has 2 aromatic rings. The van der Waals surface area contributed by atoms with E-state index in [0.29, 0.717) is 6.42 Å². The van der Waals surface area contributed by atoms with E-state index in [1.165, 1.54) is 22.3 Å². The van der Waals surface area contributed by atoms with Gasteiger partial charge < -0.3 is 0 Å². The van der Waals surface area contributed by atoms with E-state index < -0.39 is 0 Å². The normalized spacial score (nSPS) is 14.6. The molecule has 3 rings (SSSR count). The molecule has 98 valence electrons. The Hall–Kier alpha value is -1.48. The van der Waals surface area contributed by atoms with Crippen molar-refractivity contribution < 1.29 is 4.79 Å². The van der Waals surface area contributed by atoms with Crippen LogP contribution < -0.4 is 0 Å². The second-order valence-electron chi connectivity index (χ2n) is 5.32. The van der Waals surface area contributed by atoms with Crippen LogP contribution in [0.1, 0.15) is 44.9 Å². The van der Waals surface area contributed by atoms with Gasteiger partial charge in [0.1, 0.15) is 5.01 Å². The van der Waals surface area contributed by atoms with Crippen LogP contribution in [0, 0.1) is 20.8 Å². The lowest BCUT2D eigenvalue weighted by atomic mass is 10.0. The predicted octanol–water partition coefficient (Wildman–Crippen LogP) is 4.25. The van der Waals surface area contributed by atoms with E-state index in [0.717, 1.165) is 28.4 Å². The Labute approximate surface area is 117 Å². The number of carbonyl (C=O) groups excluding carboxylic acids is 1. The standard InChI is InChI=1S/C16H17NOS/c1-9-7-11(3)12(8-10(9)2)16-17-13-5-4-6-14(18)15(13)19-16/h7-8H,4-6H2,1-3H3. The van der Waals surface area contributed by atoms with Gasteiger partial charge in [-0.05, 0) is 56.4 Å². The molecule has 1 aliphatic rings. The summed E-state index contributed by atoms with van der Waals surface area (Å²) in [6.45, 7) is 6.36. The SMILES string of the molecule is Cc1cc(C)c(-c2nc3c(s2)C(=O)CCC3)cc1C. The van der Waals surface area contributed by atoms with Crippen LogP contribution in [0.4, 0.5) is 0 Å². The van der Waals surface area contributed by atoms with Crippen molar-refractivity contribution in [1.82, 2.24) is 4.98 Å². The number of nitrogens with zero attached hydrogens (tertiary/aromatic N) is 1. The molecule has 2 nitrogen and oxygen atoms in total. The Morgan fingerprint density at radius 1 is 1.05 bits per heavy atom. The van der Waals surface area contributed by atoms with Crippen molar-refractivity contribution in [1.29, 1.82) is 0 Å². The van der Waals surface area contributed by atoms with Gasteiger partial charge in [0, 0.05) is 12.0 Å². The number of hydrogen-bond acceptors (Lipinski definition) is 3. The summed E-state index contributed by atoms with van der Waals surface area (Å²) in [6.07, 6.45) is 2.57. The first-order valence-corrected chi connectivity index (χ1v) is 7.49. The highest BCUT2D eigenvalue weighted by atomic mass is 32.1.